The van der Waals surface area contributed by atoms with Crippen molar-refractivity contribution in [1.82, 2.24) is 4.31 Å². The van der Waals surface area contributed by atoms with E-state index in [9.17, 15) is 8.42 Å². The molecule has 0 amide bonds. The molecule has 0 spiro atoms. The molecule has 19 heavy (non-hydrogen) atoms. The number of sulfonamides is 1. The van der Waals surface area contributed by atoms with Crippen molar-refractivity contribution in [2.24, 2.45) is 0 Å². The topological polar surface area (TPSA) is 57.6 Å². The highest BCUT2D eigenvalue weighted by molar-refractivity contribution is 7.88. The summed E-state index contributed by atoms with van der Waals surface area (Å²) in [5.74, 6) is 0.0194. The number of hydrogen-bond acceptors (Lipinski definition) is 3. The Morgan fingerprint density at radius 3 is 2.37 bits per heavy atom. The van der Waals surface area contributed by atoms with Crippen molar-refractivity contribution in [3.05, 3.63) is 47.0 Å². The van der Waals surface area contributed by atoms with Gasteiger partial charge in [0.2, 0.25) is 10.0 Å². The quantitative estimate of drug-likeness (QED) is 0.854. The largest absolute Gasteiger partial charge is 0.392 e. The van der Waals surface area contributed by atoms with Crippen molar-refractivity contribution in [3.63, 3.8) is 0 Å². The van der Waals surface area contributed by atoms with Crippen LogP contribution in [0.4, 0.5) is 0 Å². The van der Waals surface area contributed by atoms with Crippen LogP contribution in [0.15, 0.2) is 35.9 Å². The number of nitrogens with zero attached hydrogens (tertiary/aromatic N) is 1. The molecule has 0 unspecified atom stereocenters. The van der Waals surface area contributed by atoms with E-state index in [1.54, 1.807) is 24.3 Å². The van der Waals surface area contributed by atoms with E-state index >= 15 is 0 Å². The highest BCUT2D eigenvalue weighted by Gasteiger charge is 2.23. The number of rotatable bonds is 4. The van der Waals surface area contributed by atoms with Crippen LogP contribution in [-0.2, 0) is 22.4 Å². The van der Waals surface area contributed by atoms with Crippen LogP contribution in [0.1, 0.15) is 24.5 Å². The lowest BCUT2D eigenvalue weighted by atomic mass is 10.1. The third-order valence-electron chi connectivity index (χ3n) is 3.35. The SMILES string of the molecule is CC1=CCN(S(=O)(=O)Cc2ccc(CO)cc2)CC1. The fourth-order valence-electron chi connectivity index (χ4n) is 2.05. The van der Waals surface area contributed by atoms with Crippen LogP contribution >= 0.6 is 0 Å². The summed E-state index contributed by atoms with van der Waals surface area (Å²) in [5, 5.41) is 8.96. The standard InChI is InChI=1S/C14H19NO3S/c1-12-6-8-15(9-7-12)19(17,18)11-14-4-2-13(10-16)3-5-14/h2-6,16H,7-11H2,1H3. The molecule has 1 aliphatic rings. The van der Waals surface area contributed by atoms with E-state index < -0.39 is 10.0 Å². The van der Waals surface area contributed by atoms with Crippen LogP contribution < -0.4 is 0 Å². The monoisotopic (exact) mass is 281 g/mol. The van der Waals surface area contributed by atoms with Crippen LogP contribution in [0.3, 0.4) is 0 Å². The first-order valence-corrected chi connectivity index (χ1v) is 7.94. The van der Waals surface area contributed by atoms with E-state index in [4.69, 9.17) is 5.11 Å². The number of benzene rings is 1. The Morgan fingerprint density at radius 2 is 1.84 bits per heavy atom. The maximum atomic E-state index is 12.3. The Morgan fingerprint density at radius 1 is 1.21 bits per heavy atom. The van der Waals surface area contributed by atoms with E-state index in [0.29, 0.717) is 13.1 Å². The zero-order chi connectivity index (χ0) is 13.9. The first-order valence-electron chi connectivity index (χ1n) is 6.33. The summed E-state index contributed by atoms with van der Waals surface area (Å²) in [6, 6.07) is 7.03. The molecule has 0 atom stereocenters. The Bertz CT molecular complexity index is 561. The minimum absolute atomic E-state index is 0.0194. The van der Waals surface area contributed by atoms with Gasteiger partial charge in [0.15, 0.2) is 0 Å². The zero-order valence-corrected chi connectivity index (χ0v) is 11.9. The molecule has 1 heterocycles. The summed E-state index contributed by atoms with van der Waals surface area (Å²) >= 11 is 0. The molecule has 0 saturated carbocycles. The predicted octanol–water partition coefficient (Wildman–Crippen LogP) is 1.66. The molecule has 0 aromatic heterocycles. The van der Waals surface area contributed by atoms with Gasteiger partial charge in [-0.25, -0.2) is 8.42 Å². The first kappa shape index (κ1) is 14.2. The zero-order valence-electron chi connectivity index (χ0n) is 11.0. The Balaban J connectivity index is 2.08. The smallest absolute Gasteiger partial charge is 0.218 e. The molecule has 1 aromatic rings. The van der Waals surface area contributed by atoms with Gasteiger partial charge in [0.05, 0.1) is 12.4 Å². The lowest BCUT2D eigenvalue weighted by molar-refractivity contribution is 0.282. The maximum Gasteiger partial charge on any atom is 0.218 e. The van der Waals surface area contributed by atoms with Crippen molar-refractivity contribution in [2.45, 2.75) is 25.7 Å². The molecule has 0 saturated heterocycles. The Hall–Kier alpha value is -1.17. The molecular weight excluding hydrogens is 262 g/mol. The van der Waals surface area contributed by atoms with E-state index in [1.165, 1.54) is 9.88 Å². The second-order valence-corrected chi connectivity index (χ2v) is 6.86. The molecule has 4 nitrogen and oxygen atoms in total. The van der Waals surface area contributed by atoms with Gasteiger partial charge in [-0.2, -0.15) is 4.31 Å². The van der Waals surface area contributed by atoms with Crippen LogP contribution in [0.5, 0.6) is 0 Å². The van der Waals surface area contributed by atoms with Gasteiger partial charge in [0.25, 0.3) is 0 Å². The van der Waals surface area contributed by atoms with E-state index in [-0.39, 0.29) is 12.4 Å². The molecule has 1 N–H and O–H groups in total. The predicted molar refractivity (Wildman–Crippen MR) is 74.9 cm³/mol. The van der Waals surface area contributed by atoms with Crippen molar-refractivity contribution >= 4 is 10.0 Å². The minimum Gasteiger partial charge on any atom is -0.392 e. The van der Waals surface area contributed by atoms with Crippen LogP contribution in [0.25, 0.3) is 0 Å². The third kappa shape index (κ3) is 3.65. The summed E-state index contributed by atoms with van der Waals surface area (Å²) in [5.41, 5.74) is 2.79. The number of hydrogen-bond donors (Lipinski definition) is 1. The summed E-state index contributed by atoms with van der Waals surface area (Å²) in [4.78, 5) is 0. The molecule has 0 bridgehead atoms. The van der Waals surface area contributed by atoms with E-state index in [2.05, 4.69) is 0 Å². The summed E-state index contributed by atoms with van der Waals surface area (Å²) in [7, 11) is -3.25. The minimum atomic E-state index is -3.25. The molecule has 0 aliphatic carbocycles. The normalized spacial score (nSPS) is 17.3. The van der Waals surface area contributed by atoms with Crippen molar-refractivity contribution in [2.75, 3.05) is 13.1 Å². The lowest BCUT2D eigenvalue weighted by Gasteiger charge is -2.24. The van der Waals surface area contributed by atoms with Gasteiger partial charge < -0.3 is 5.11 Å². The number of aliphatic hydroxyl groups excluding tert-OH is 1. The summed E-state index contributed by atoms with van der Waals surface area (Å²) < 4.78 is 26.1. The fourth-order valence-corrected chi connectivity index (χ4v) is 3.51. The molecule has 0 radical (unpaired) electrons. The summed E-state index contributed by atoms with van der Waals surface area (Å²) in [6.45, 7) is 3.04. The molecule has 2 rings (SSSR count). The highest BCUT2D eigenvalue weighted by Crippen LogP contribution is 2.17. The molecule has 1 aromatic carbocycles. The molecule has 104 valence electrons. The van der Waals surface area contributed by atoms with Crippen molar-refractivity contribution in [1.29, 1.82) is 0 Å². The van der Waals surface area contributed by atoms with Gasteiger partial charge in [0, 0.05) is 13.1 Å². The second kappa shape index (κ2) is 5.86. The average Bonchev–Trinajstić information content (AvgIpc) is 2.40. The van der Waals surface area contributed by atoms with Gasteiger partial charge >= 0.3 is 0 Å². The van der Waals surface area contributed by atoms with Gasteiger partial charge in [-0.15, -0.1) is 0 Å². The lowest BCUT2D eigenvalue weighted by Crippen LogP contribution is -2.35. The van der Waals surface area contributed by atoms with Crippen molar-refractivity contribution in [3.8, 4) is 0 Å². The Kier molecular flexibility index (Phi) is 4.39. The van der Waals surface area contributed by atoms with Gasteiger partial charge in [-0.1, -0.05) is 35.9 Å². The van der Waals surface area contributed by atoms with Gasteiger partial charge in [-0.05, 0) is 24.5 Å². The third-order valence-corrected chi connectivity index (χ3v) is 5.16. The second-order valence-electron chi connectivity index (χ2n) is 4.89. The molecule has 1 aliphatic heterocycles. The first-order chi connectivity index (χ1) is 9.01. The average molecular weight is 281 g/mol. The van der Waals surface area contributed by atoms with Gasteiger partial charge in [0.1, 0.15) is 0 Å². The maximum absolute atomic E-state index is 12.3. The fraction of sp³-hybridized carbons (Fsp3) is 0.429. The molecule has 5 heteroatoms. The Labute approximate surface area is 114 Å². The highest BCUT2D eigenvalue weighted by atomic mass is 32.2. The van der Waals surface area contributed by atoms with Crippen LogP contribution in [0, 0.1) is 0 Å². The van der Waals surface area contributed by atoms with Crippen molar-refractivity contribution < 1.29 is 13.5 Å². The molecule has 0 fully saturated rings. The van der Waals surface area contributed by atoms with Gasteiger partial charge in [-0.3, -0.25) is 0 Å². The van der Waals surface area contributed by atoms with Crippen LogP contribution in [0.2, 0.25) is 0 Å². The van der Waals surface area contributed by atoms with E-state index in [0.717, 1.165) is 17.5 Å². The summed E-state index contributed by atoms with van der Waals surface area (Å²) in [6.07, 6.45) is 2.78. The molecular formula is C14H19NO3S. The van der Waals surface area contributed by atoms with E-state index in [1.807, 2.05) is 13.0 Å². The van der Waals surface area contributed by atoms with Crippen LogP contribution in [-0.4, -0.2) is 30.9 Å². The number of aliphatic hydroxyl groups is 1.